The van der Waals surface area contributed by atoms with Crippen molar-refractivity contribution < 1.29 is 14.2 Å². The van der Waals surface area contributed by atoms with Gasteiger partial charge in [0, 0.05) is 11.6 Å². The Morgan fingerprint density at radius 3 is 2.61 bits per heavy atom. The molecule has 0 fully saturated rings. The summed E-state index contributed by atoms with van der Waals surface area (Å²) in [6.45, 7) is 3.67. The third-order valence-corrected chi connectivity index (χ3v) is 3.82. The summed E-state index contributed by atoms with van der Waals surface area (Å²) in [5.41, 5.74) is 0.975. The average Bonchev–Trinajstić information content (AvgIpc) is 2.67. The van der Waals surface area contributed by atoms with Gasteiger partial charge in [0.15, 0.2) is 0 Å². The fraction of sp³-hybridized carbons (Fsp3) is 0.308. The Morgan fingerprint density at radius 1 is 1.39 bits per heavy atom. The minimum Gasteiger partial charge on any atom is -0.497 e. The van der Waals surface area contributed by atoms with Crippen molar-refractivity contribution in [3.8, 4) is 5.75 Å². The van der Waals surface area contributed by atoms with E-state index in [1.54, 1.807) is 6.07 Å². The number of methoxy groups -OCH3 is 1. The highest BCUT2D eigenvalue weighted by molar-refractivity contribution is 7.11. The second-order valence-corrected chi connectivity index (χ2v) is 5.21. The van der Waals surface area contributed by atoms with Crippen molar-refractivity contribution in [2.45, 2.75) is 20.0 Å². The molecule has 1 unspecified atom stereocenters. The quantitative estimate of drug-likeness (QED) is 0.929. The summed E-state index contributed by atoms with van der Waals surface area (Å²) in [5.74, 6) is -0.0482. The van der Waals surface area contributed by atoms with E-state index in [9.17, 15) is 9.50 Å². The Kier molecular flexibility index (Phi) is 3.63. The van der Waals surface area contributed by atoms with Crippen molar-refractivity contribution in [3.05, 3.63) is 45.2 Å². The molecule has 0 aliphatic rings. The summed E-state index contributed by atoms with van der Waals surface area (Å²) in [7, 11) is 1.47. The molecule has 18 heavy (non-hydrogen) atoms. The lowest BCUT2D eigenvalue weighted by Crippen LogP contribution is -2.02. The summed E-state index contributed by atoms with van der Waals surface area (Å²) in [6.07, 6.45) is -0.984. The van der Waals surface area contributed by atoms with Crippen LogP contribution in [0.1, 0.15) is 27.2 Å². The molecule has 0 radical (unpaired) electrons. The Hall–Kier alpha value is -1.46. The molecule has 1 aromatic heterocycles. The number of aliphatic hydroxyl groups excluding tert-OH is 1. The van der Waals surface area contributed by atoms with Crippen LogP contribution in [0, 0.1) is 19.7 Å². The van der Waals surface area contributed by atoms with Crippen molar-refractivity contribution >= 4 is 11.3 Å². The molecule has 1 atom stereocenters. The number of aromatic nitrogens is 1. The molecule has 2 rings (SSSR count). The number of hydrogen-bond acceptors (Lipinski definition) is 4. The Bertz CT molecular complexity index is 568. The third-order valence-electron chi connectivity index (χ3n) is 2.69. The lowest BCUT2D eigenvalue weighted by molar-refractivity contribution is 0.217. The summed E-state index contributed by atoms with van der Waals surface area (Å²) in [6, 6.07) is 4.43. The second-order valence-electron chi connectivity index (χ2n) is 3.97. The number of aliphatic hydroxyl groups is 1. The topological polar surface area (TPSA) is 42.4 Å². The molecule has 5 heteroatoms. The monoisotopic (exact) mass is 267 g/mol. The molecule has 0 saturated heterocycles. The second kappa shape index (κ2) is 5.04. The van der Waals surface area contributed by atoms with Crippen molar-refractivity contribution in [1.29, 1.82) is 0 Å². The minimum absolute atomic E-state index is 0.238. The van der Waals surface area contributed by atoms with Crippen LogP contribution in [0.15, 0.2) is 18.2 Å². The van der Waals surface area contributed by atoms with Gasteiger partial charge in [-0.25, -0.2) is 9.37 Å². The molecule has 0 amide bonds. The Morgan fingerprint density at radius 2 is 2.11 bits per heavy atom. The van der Waals surface area contributed by atoms with Crippen LogP contribution in [0.4, 0.5) is 4.39 Å². The fourth-order valence-corrected chi connectivity index (χ4v) is 2.73. The van der Waals surface area contributed by atoms with Crippen LogP contribution < -0.4 is 4.74 Å². The maximum Gasteiger partial charge on any atom is 0.133 e. The van der Waals surface area contributed by atoms with E-state index in [4.69, 9.17) is 4.74 Å². The van der Waals surface area contributed by atoms with Crippen molar-refractivity contribution in [3.63, 3.8) is 0 Å². The van der Waals surface area contributed by atoms with Crippen LogP contribution in [0.2, 0.25) is 0 Å². The first kappa shape index (κ1) is 13.0. The van der Waals surface area contributed by atoms with E-state index in [1.165, 1.54) is 30.6 Å². The predicted octanol–water partition coefficient (Wildman–Crippen LogP) is 2.99. The maximum atomic E-state index is 13.9. The number of nitrogens with zero attached hydrogens (tertiary/aromatic N) is 1. The van der Waals surface area contributed by atoms with Crippen LogP contribution >= 0.6 is 11.3 Å². The first-order valence-electron chi connectivity index (χ1n) is 5.48. The number of hydrogen-bond donors (Lipinski definition) is 1. The van der Waals surface area contributed by atoms with Crippen LogP contribution in [-0.2, 0) is 0 Å². The zero-order valence-corrected chi connectivity index (χ0v) is 11.2. The van der Waals surface area contributed by atoms with E-state index in [0.29, 0.717) is 10.6 Å². The first-order valence-corrected chi connectivity index (χ1v) is 6.30. The molecular formula is C13H14FNO2S. The lowest BCUT2D eigenvalue weighted by Gasteiger charge is -2.11. The summed E-state index contributed by atoms with van der Waals surface area (Å²) in [5, 5.41) is 11.1. The number of aryl methyl sites for hydroxylation is 2. The summed E-state index contributed by atoms with van der Waals surface area (Å²) < 4.78 is 18.8. The summed E-state index contributed by atoms with van der Waals surface area (Å²) in [4.78, 5) is 4.91. The van der Waals surface area contributed by atoms with Gasteiger partial charge in [-0.05, 0) is 26.0 Å². The smallest absolute Gasteiger partial charge is 0.133 e. The molecule has 3 nitrogen and oxygen atoms in total. The highest BCUT2D eigenvalue weighted by Crippen LogP contribution is 2.32. The van der Waals surface area contributed by atoms with E-state index in [0.717, 1.165) is 10.7 Å². The van der Waals surface area contributed by atoms with Crippen molar-refractivity contribution in [2.24, 2.45) is 0 Å². The summed E-state index contributed by atoms with van der Waals surface area (Å²) >= 11 is 1.38. The number of rotatable bonds is 3. The van der Waals surface area contributed by atoms with E-state index in [-0.39, 0.29) is 5.56 Å². The van der Waals surface area contributed by atoms with Gasteiger partial charge in [0.2, 0.25) is 0 Å². The van der Waals surface area contributed by atoms with Crippen LogP contribution in [0.3, 0.4) is 0 Å². The van der Waals surface area contributed by atoms with Crippen LogP contribution in [0.25, 0.3) is 0 Å². The normalized spacial score (nSPS) is 12.5. The first-order chi connectivity index (χ1) is 8.52. The number of ether oxygens (including phenoxy) is 1. The van der Waals surface area contributed by atoms with E-state index >= 15 is 0 Å². The van der Waals surface area contributed by atoms with Crippen molar-refractivity contribution in [1.82, 2.24) is 4.98 Å². The van der Waals surface area contributed by atoms with Gasteiger partial charge in [-0.3, -0.25) is 0 Å². The zero-order chi connectivity index (χ0) is 13.3. The number of benzene rings is 1. The third kappa shape index (κ3) is 2.37. The predicted molar refractivity (Wildman–Crippen MR) is 68.6 cm³/mol. The Labute approximate surface area is 109 Å². The molecule has 1 aromatic carbocycles. The molecular weight excluding hydrogens is 253 g/mol. The molecule has 0 aliphatic carbocycles. The van der Waals surface area contributed by atoms with Gasteiger partial charge in [-0.2, -0.15) is 0 Å². The highest BCUT2D eigenvalue weighted by Gasteiger charge is 2.20. The minimum atomic E-state index is -0.984. The molecule has 0 aliphatic heterocycles. The fourth-order valence-electron chi connectivity index (χ4n) is 1.80. The molecule has 96 valence electrons. The van der Waals surface area contributed by atoms with Gasteiger partial charge in [0.1, 0.15) is 17.7 Å². The molecule has 1 N–H and O–H groups in total. The molecule has 0 saturated carbocycles. The highest BCUT2D eigenvalue weighted by atomic mass is 32.1. The lowest BCUT2D eigenvalue weighted by atomic mass is 10.1. The Balaban J connectivity index is 2.39. The standard InChI is InChI=1S/C13H14FNO2S/c1-7-13(18-8(2)15-7)12(16)10-5-4-9(17-3)6-11(10)14/h4-6,12,16H,1-3H3. The van der Waals surface area contributed by atoms with Crippen molar-refractivity contribution in [2.75, 3.05) is 7.11 Å². The van der Waals surface area contributed by atoms with Gasteiger partial charge in [0.05, 0.1) is 22.7 Å². The number of halogens is 1. The molecule has 0 spiro atoms. The van der Waals surface area contributed by atoms with Gasteiger partial charge >= 0.3 is 0 Å². The van der Waals surface area contributed by atoms with E-state index in [1.807, 2.05) is 13.8 Å². The molecule has 2 aromatic rings. The van der Waals surface area contributed by atoms with Gasteiger partial charge in [-0.1, -0.05) is 0 Å². The molecule has 1 heterocycles. The average molecular weight is 267 g/mol. The maximum absolute atomic E-state index is 13.9. The van der Waals surface area contributed by atoms with E-state index < -0.39 is 11.9 Å². The van der Waals surface area contributed by atoms with Gasteiger partial charge in [-0.15, -0.1) is 11.3 Å². The largest absolute Gasteiger partial charge is 0.497 e. The SMILES string of the molecule is COc1ccc(C(O)c2sc(C)nc2C)c(F)c1. The van der Waals surface area contributed by atoms with Crippen LogP contribution in [0.5, 0.6) is 5.75 Å². The number of thiazole rings is 1. The van der Waals surface area contributed by atoms with E-state index in [2.05, 4.69) is 4.98 Å². The van der Waals surface area contributed by atoms with Gasteiger partial charge in [0.25, 0.3) is 0 Å². The van der Waals surface area contributed by atoms with Crippen LogP contribution in [-0.4, -0.2) is 17.2 Å². The zero-order valence-electron chi connectivity index (χ0n) is 10.4. The molecule has 0 bridgehead atoms. The van der Waals surface area contributed by atoms with Gasteiger partial charge < -0.3 is 9.84 Å².